The summed E-state index contributed by atoms with van der Waals surface area (Å²) in [5.41, 5.74) is 3.43. The van der Waals surface area contributed by atoms with Gasteiger partial charge < -0.3 is 15.0 Å². The van der Waals surface area contributed by atoms with E-state index < -0.39 is 34.1 Å². The molecule has 242 valence electrons. The Morgan fingerprint density at radius 3 is 2.02 bits per heavy atom. The molecule has 4 rings (SSSR count). The van der Waals surface area contributed by atoms with Crippen LogP contribution in [0.3, 0.4) is 0 Å². The van der Waals surface area contributed by atoms with E-state index >= 15 is 0 Å². The number of hydrogen-bond acceptors (Lipinski definition) is 5. The molecule has 0 aliphatic carbocycles. The van der Waals surface area contributed by atoms with Gasteiger partial charge in [0.1, 0.15) is 18.3 Å². The van der Waals surface area contributed by atoms with E-state index in [1.54, 1.807) is 36.4 Å². The van der Waals surface area contributed by atoms with Gasteiger partial charge in [-0.2, -0.15) is 0 Å². The molecule has 4 aromatic rings. The highest BCUT2D eigenvalue weighted by molar-refractivity contribution is 7.92. The van der Waals surface area contributed by atoms with E-state index in [4.69, 9.17) is 4.74 Å². The maximum atomic E-state index is 14.6. The maximum Gasteiger partial charge on any atom is 0.264 e. The minimum atomic E-state index is -4.20. The number of ether oxygens (including phenoxy) is 1. The van der Waals surface area contributed by atoms with Crippen LogP contribution in [0.25, 0.3) is 0 Å². The number of methoxy groups -OCH3 is 1. The number of aryl methyl sites for hydroxylation is 2. The van der Waals surface area contributed by atoms with Crippen molar-refractivity contribution in [3.8, 4) is 5.75 Å². The van der Waals surface area contributed by atoms with Crippen LogP contribution in [0, 0.1) is 13.8 Å². The predicted octanol–water partition coefficient (Wildman–Crippen LogP) is 6.06. The lowest BCUT2D eigenvalue weighted by Crippen LogP contribution is -2.56. The Hall–Kier alpha value is -4.63. The summed E-state index contributed by atoms with van der Waals surface area (Å²) in [6.45, 7) is 9.12. The first-order valence-electron chi connectivity index (χ1n) is 15.2. The van der Waals surface area contributed by atoms with Crippen LogP contribution < -0.4 is 14.4 Å². The van der Waals surface area contributed by atoms with Gasteiger partial charge >= 0.3 is 0 Å². The Bertz CT molecular complexity index is 1730. The average Bonchev–Trinajstić information content (AvgIpc) is 3.01. The third kappa shape index (κ3) is 8.97. The van der Waals surface area contributed by atoms with Crippen molar-refractivity contribution in [3.63, 3.8) is 0 Å². The fourth-order valence-corrected chi connectivity index (χ4v) is 6.54. The Morgan fingerprint density at radius 1 is 0.804 bits per heavy atom. The monoisotopic (exact) mass is 641 g/mol. The maximum absolute atomic E-state index is 14.6. The van der Waals surface area contributed by atoms with Crippen molar-refractivity contribution in [1.29, 1.82) is 0 Å². The Labute approximate surface area is 273 Å². The summed E-state index contributed by atoms with van der Waals surface area (Å²) in [5, 5.41) is 3.05. The zero-order valence-electron chi connectivity index (χ0n) is 27.4. The molecule has 1 atom stereocenters. The standard InChI is InChI=1S/C37H43N3O5S/c1-27-15-17-31(18-16-27)40(46(43,44)33-21-19-32(45-6)20-22-33)26-35(41)39(25-30-14-10-11-28(2)23-30)34(36(42)38-37(3,4)5)24-29-12-8-7-9-13-29/h7-23,34H,24-26H2,1-6H3,(H,38,42)/t34-/m0/s1. The first kappa shape index (κ1) is 34.2. The molecule has 0 spiro atoms. The molecule has 0 unspecified atom stereocenters. The molecule has 0 saturated carbocycles. The predicted molar refractivity (Wildman–Crippen MR) is 182 cm³/mol. The summed E-state index contributed by atoms with van der Waals surface area (Å²) in [5.74, 6) is -0.323. The van der Waals surface area contributed by atoms with E-state index in [1.807, 2.05) is 89.2 Å². The Morgan fingerprint density at radius 2 is 1.43 bits per heavy atom. The molecule has 0 heterocycles. The van der Waals surface area contributed by atoms with Gasteiger partial charge in [-0.3, -0.25) is 13.9 Å². The van der Waals surface area contributed by atoms with Crippen molar-refractivity contribution in [2.45, 2.75) is 64.1 Å². The van der Waals surface area contributed by atoms with Gasteiger partial charge in [0, 0.05) is 18.5 Å². The molecule has 0 aromatic heterocycles. The molecule has 8 nitrogen and oxygen atoms in total. The lowest BCUT2D eigenvalue weighted by Gasteiger charge is -2.35. The van der Waals surface area contributed by atoms with E-state index in [-0.39, 0.29) is 23.8 Å². The van der Waals surface area contributed by atoms with E-state index in [0.717, 1.165) is 26.6 Å². The quantitative estimate of drug-likeness (QED) is 0.203. The van der Waals surface area contributed by atoms with Crippen molar-refractivity contribution in [2.75, 3.05) is 18.0 Å². The van der Waals surface area contributed by atoms with Crippen LogP contribution in [-0.4, -0.2) is 50.4 Å². The van der Waals surface area contributed by atoms with Gasteiger partial charge in [-0.25, -0.2) is 8.42 Å². The first-order valence-corrected chi connectivity index (χ1v) is 16.7. The molecule has 4 aromatic carbocycles. The molecule has 0 radical (unpaired) electrons. The summed E-state index contributed by atoms with van der Waals surface area (Å²) in [4.78, 5) is 30.1. The normalized spacial score (nSPS) is 12.2. The Balaban J connectivity index is 1.81. The smallest absolute Gasteiger partial charge is 0.264 e. The summed E-state index contributed by atoms with van der Waals surface area (Å²) in [7, 11) is -2.70. The third-order valence-electron chi connectivity index (χ3n) is 7.45. The highest BCUT2D eigenvalue weighted by Crippen LogP contribution is 2.27. The van der Waals surface area contributed by atoms with Gasteiger partial charge in [0.2, 0.25) is 11.8 Å². The number of rotatable bonds is 12. The highest BCUT2D eigenvalue weighted by atomic mass is 32.2. The van der Waals surface area contributed by atoms with Crippen LogP contribution in [-0.2, 0) is 32.6 Å². The minimum absolute atomic E-state index is 0.0122. The number of benzene rings is 4. The number of sulfonamides is 1. The average molecular weight is 642 g/mol. The largest absolute Gasteiger partial charge is 0.497 e. The van der Waals surface area contributed by atoms with Crippen molar-refractivity contribution in [1.82, 2.24) is 10.2 Å². The molecule has 0 saturated heterocycles. The second-order valence-electron chi connectivity index (χ2n) is 12.5. The summed E-state index contributed by atoms with van der Waals surface area (Å²) in [6.07, 6.45) is 0.246. The zero-order chi connectivity index (χ0) is 33.5. The van der Waals surface area contributed by atoms with E-state index in [9.17, 15) is 18.0 Å². The molecule has 0 aliphatic rings. The van der Waals surface area contributed by atoms with Gasteiger partial charge in [-0.1, -0.05) is 77.9 Å². The molecule has 1 N–H and O–H groups in total. The first-order chi connectivity index (χ1) is 21.8. The van der Waals surface area contributed by atoms with Crippen molar-refractivity contribution in [2.24, 2.45) is 0 Å². The van der Waals surface area contributed by atoms with Gasteiger partial charge in [0.15, 0.2) is 0 Å². The number of nitrogens with zero attached hydrogens (tertiary/aromatic N) is 2. The van der Waals surface area contributed by atoms with Crippen LogP contribution in [0.5, 0.6) is 5.75 Å². The van der Waals surface area contributed by atoms with E-state index in [2.05, 4.69) is 5.32 Å². The number of carbonyl (C=O) groups excluding carboxylic acids is 2. The topological polar surface area (TPSA) is 96.0 Å². The summed E-state index contributed by atoms with van der Waals surface area (Å²) < 4.78 is 34.7. The van der Waals surface area contributed by atoms with Crippen molar-refractivity contribution >= 4 is 27.5 Å². The molecule has 0 fully saturated rings. The fourth-order valence-electron chi connectivity index (χ4n) is 5.13. The molecule has 0 aliphatic heterocycles. The molecular formula is C37H43N3O5S. The van der Waals surface area contributed by atoms with E-state index in [0.29, 0.717) is 11.4 Å². The summed E-state index contributed by atoms with van der Waals surface area (Å²) >= 11 is 0. The third-order valence-corrected chi connectivity index (χ3v) is 9.24. The molecule has 0 bridgehead atoms. The van der Waals surface area contributed by atoms with Gasteiger partial charge in [-0.05, 0) is 82.1 Å². The highest BCUT2D eigenvalue weighted by Gasteiger charge is 2.35. The SMILES string of the molecule is COc1ccc(S(=O)(=O)N(CC(=O)N(Cc2cccc(C)c2)[C@@H](Cc2ccccc2)C(=O)NC(C)(C)C)c2ccc(C)cc2)cc1. The number of anilines is 1. The number of hydrogen-bond donors (Lipinski definition) is 1. The summed E-state index contributed by atoms with van der Waals surface area (Å²) in [6, 6.07) is 29.3. The molecule has 9 heteroatoms. The van der Waals surface area contributed by atoms with Gasteiger partial charge in [-0.15, -0.1) is 0 Å². The molecular weight excluding hydrogens is 598 g/mol. The second kappa shape index (κ2) is 14.6. The number of nitrogens with one attached hydrogen (secondary N) is 1. The lowest BCUT2D eigenvalue weighted by molar-refractivity contribution is -0.140. The number of amides is 2. The lowest BCUT2D eigenvalue weighted by atomic mass is 10.0. The van der Waals surface area contributed by atoms with Crippen LogP contribution in [0.2, 0.25) is 0 Å². The molecule has 2 amide bonds. The fraction of sp³-hybridized carbons (Fsp3) is 0.297. The zero-order valence-corrected chi connectivity index (χ0v) is 28.2. The van der Waals surface area contributed by atoms with Crippen LogP contribution in [0.15, 0.2) is 108 Å². The van der Waals surface area contributed by atoms with Crippen molar-refractivity contribution < 1.29 is 22.7 Å². The van der Waals surface area contributed by atoms with Crippen molar-refractivity contribution in [3.05, 3.63) is 125 Å². The second-order valence-corrected chi connectivity index (χ2v) is 14.3. The van der Waals surface area contributed by atoms with Crippen LogP contribution in [0.1, 0.15) is 43.0 Å². The van der Waals surface area contributed by atoms with E-state index in [1.165, 1.54) is 24.1 Å². The van der Waals surface area contributed by atoms with Gasteiger partial charge in [0.25, 0.3) is 10.0 Å². The van der Waals surface area contributed by atoms with Crippen LogP contribution in [0.4, 0.5) is 5.69 Å². The Kier molecular flexibility index (Phi) is 10.9. The number of carbonyl (C=O) groups is 2. The van der Waals surface area contributed by atoms with Gasteiger partial charge in [0.05, 0.1) is 17.7 Å². The minimum Gasteiger partial charge on any atom is -0.497 e. The molecule has 46 heavy (non-hydrogen) atoms. The van der Waals surface area contributed by atoms with Crippen LogP contribution >= 0.6 is 0 Å².